The molecule has 0 radical (unpaired) electrons. The Morgan fingerprint density at radius 1 is 0.815 bits per heavy atom. The van der Waals surface area contributed by atoms with Crippen LogP contribution < -0.4 is 10.6 Å². The topological polar surface area (TPSA) is 58.2 Å². The Kier molecular flexibility index (Phi) is 5.77. The SMILES string of the molecule is O=C(CNC(=O)c1ccc(C(F)(F)F)cc1)Nc1ccccc1C(F)(F)F. The van der Waals surface area contributed by atoms with Gasteiger partial charge in [-0.05, 0) is 36.4 Å². The van der Waals surface area contributed by atoms with E-state index in [0.29, 0.717) is 12.1 Å². The molecule has 10 heteroatoms. The van der Waals surface area contributed by atoms with E-state index in [1.54, 1.807) is 0 Å². The highest BCUT2D eigenvalue weighted by molar-refractivity contribution is 5.99. The number of carbonyl (C=O) groups is 2. The summed E-state index contributed by atoms with van der Waals surface area (Å²) in [6, 6.07) is 7.55. The zero-order chi connectivity index (χ0) is 20.2. The molecule has 4 nitrogen and oxygen atoms in total. The Balaban J connectivity index is 1.97. The van der Waals surface area contributed by atoms with Gasteiger partial charge in [0.05, 0.1) is 23.4 Å². The number of amides is 2. The summed E-state index contributed by atoms with van der Waals surface area (Å²) >= 11 is 0. The summed E-state index contributed by atoms with van der Waals surface area (Å²) in [5.41, 5.74) is -2.60. The van der Waals surface area contributed by atoms with E-state index in [9.17, 15) is 35.9 Å². The number of nitrogens with one attached hydrogen (secondary N) is 2. The molecule has 0 atom stereocenters. The van der Waals surface area contributed by atoms with E-state index < -0.39 is 47.5 Å². The summed E-state index contributed by atoms with van der Waals surface area (Å²) in [7, 11) is 0. The van der Waals surface area contributed by atoms with Crippen LogP contribution in [0.5, 0.6) is 0 Å². The Hall–Kier alpha value is -3.04. The summed E-state index contributed by atoms with van der Waals surface area (Å²) in [5.74, 6) is -1.77. The van der Waals surface area contributed by atoms with Crippen molar-refractivity contribution in [3.05, 3.63) is 65.2 Å². The number of anilines is 1. The third-order valence-corrected chi connectivity index (χ3v) is 3.39. The fraction of sp³-hybridized carbons (Fsp3) is 0.176. The average molecular weight is 390 g/mol. The first-order valence-corrected chi connectivity index (χ1v) is 7.40. The zero-order valence-corrected chi connectivity index (χ0v) is 13.4. The Morgan fingerprint density at radius 2 is 1.41 bits per heavy atom. The molecule has 0 aliphatic carbocycles. The lowest BCUT2D eigenvalue weighted by Gasteiger charge is -2.13. The van der Waals surface area contributed by atoms with Crippen LogP contribution in [0.3, 0.4) is 0 Å². The third-order valence-electron chi connectivity index (χ3n) is 3.39. The van der Waals surface area contributed by atoms with Crippen LogP contribution in [0.15, 0.2) is 48.5 Å². The predicted molar refractivity (Wildman–Crippen MR) is 83.9 cm³/mol. The summed E-state index contributed by atoms with van der Waals surface area (Å²) in [4.78, 5) is 23.6. The van der Waals surface area contributed by atoms with Gasteiger partial charge < -0.3 is 10.6 Å². The van der Waals surface area contributed by atoms with Crippen molar-refractivity contribution in [3.8, 4) is 0 Å². The van der Waals surface area contributed by atoms with Crippen molar-refractivity contribution < 1.29 is 35.9 Å². The van der Waals surface area contributed by atoms with Crippen LogP contribution in [0.25, 0.3) is 0 Å². The third kappa shape index (κ3) is 5.47. The number of carbonyl (C=O) groups excluding carboxylic acids is 2. The van der Waals surface area contributed by atoms with Crippen LogP contribution in [0.2, 0.25) is 0 Å². The molecule has 0 fully saturated rings. The van der Waals surface area contributed by atoms with Gasteiger partial charge in [0.1, 0.15) is 0 Å². The molecular weight excluding hydrogens is 378 g/mol. The van der Waals surface area contributed by atoms with Gasteiger partial charge in [-0.1, -0.05) is 12.1 Å². The minimum absolute atomic E-state index is 0.133. The van der Waals surface area contributed by atoms with Gasteiger partial charge in [0.15, 0.2) is 0 Å². The van der Waals surface area contributed by atoms with Crippen molar-refractivity contribution in [1.82, 2.24) is 5.32 Å². The maximum absolute atomic E-state index is 12.8. The molecule has 0 spiro atoms. The molecule has 2 aromatic carbocycles. The molecule has 0 aliphatic heterocycles. The number of halogens is 6. The quantitative estimate of drug-likeness (QED) is 0.773. The standard InChI is InChI=1S/C17H12F6N2O2/c18-16(19,20)11-7-5-10(6-8-11)15(27)24-9-14(26)25-13-4-2-1-3-12(13)17(21,22)23/h1-8H,9H2,(H,24,27)(H,25,26). The molecule has 2 aromatic rings. The van der Waals surface area contributed by atoms with E-state index in [1.165, 1.54) is 6.07 Å². The summed E-state index contributed by atoms with van der Waals surface area (Å²) < 4.78 is 75.9. The average Bonchev–Trinajstić information content (AvgIpc) is 2.58. The van der Waals surface area contributed by atoms with Gasteiger partial charge in [0.25, 0.3) is 5.91 Å². The Bertz CT molecular complexity index is 829. The summed E-state index contributed by atoms with van der Waals surface area (Å²) in [5, 5.41) is 4.15. The maximum atomic E-state index is 12.8. The number of alkyl halides is 6. The molecule has 0 unspecified atom stereocenters. The van der Waals surface area contributed by atoms with Gasteiger partial charge >= 0.3 is 12.4 Å². The molecule has 27 heavy (non-hydrogen) atoms. The summed E-state index contributed by atoms with van der Waals surface area (Å²) in [6.07, 6.45) is -9.23. The van der Waals surface area contributed by atoms with E-state index in [4.69, 9.17) is 0 Å². The number of rotatable bonds is 4. The molecule has 0 bridgehead atoms. The fourth-order valence-electron chi connectivity index (χ4n) is 2.11. The van der Waals surface area contributed by atoms with E-state index in [-0.39, 0.29) is 5.56 Å². The van der Waals surface area contributed by atoms with Gasteiger partial charge in [-0.2, -0.15) is 26.3 Å². The first kappa shape index (κ1) is 20.3. The van der Waals surface area contributed by atoms with Crippen LogP contribution >= 0.6 is 0 Å². The van der Waals surface area contributed by atoms with Crippen LogP contribution in [0, 0.1) is 0 Å². The second-order valence-electron chi connectivity index (χ2n) is 5.35. The molecule has 0 saturated carbocycles. The predicted octanol–water partition coefficient (Wildman–Crippen LogP) is 4.09. The lowest BCUT2D eigenvalue weighted by molar-refractivity contribution is -0.138. The summed E-state index contributed by atoms with van der Waals surface area (Å²) in [6.45, 7) is -0.661. The number of benzene rings is 2. The van der Waals surface area contributed by atoms with Crippen molar-refractivity contribution in [2.45, 2.75) is 12.4 Å². The second-order valence-corrected chi connectivity index (χ2v) is 5.35. The second kappa shape index (κ2) is 7.68. The molecule has 2 rings (SSSR count). The minimum atomic E-state index is -4.67. The van der Waals surface area contributed by atoms with Crippen LogP contribution in [0.1, 0.15) is 21.5 Å². The highest BCUT2D eigenvalue weighted by Crippen LogP contribution is 2.34. The highest BCUT2D eigenvalue weighted by atomic mass is 19.4. The monoisotopic (exact) mass is 390 g/mol. The molecule has 2 amide bonds. The van der Waals surface area contributed by atoms with Crippen LogP contribution in [0.4, 0.5) is 32.0 Å². The van der Waals surface area contributed by atoms with Gasteiger partial charge in [-0.25, -0.2) is 0 Å². The normalized spacial score (nSPS) is 11.8. The number of hydrogen-bond donors (Lipinski definition) is 2. The molecule has 0 heterocycles. The van der Waals surface area contributed by atoms with Gasteiger partial charge in [0.2, 0.25) is 5.91 Å². The molecule has 144 valence electrons. The highest BCUT2D eigenvalue weighted by Gasteiger charge is 2.33. The number of para-hydroxylation sites is 1. The van der Waals surface area contributed by atoms with Crippen LogP contribution in [-0.4, -0.2) is 18.4 Å². The molecule has 0 aliphatic rings. The first-order valence-electron chi connectivity index (χ1n) is 7.40. The Labute approximate surface area is 149 Å². The molecule has 0 aromatic heterocycles. The maximum Gasteiger partial charge on any atom is 0.418 e. The van der Waals surface area contributed by atoms with Crippen molar-refractivity contribution in [2.75, 3.05) is 11.9 Å². The fourth-order valence-corrected chi connectivity index (χ4v) is 2.11. The van der Waals surface area contributed by atoms with Gasteiger partial charge in [-0.3, -0.25) is 9.59 Å². The van der Waals surface area contributed by atoms with Gasteiger partial charge in [-0.15, -0.1) is 0 Å². The van der Waals surface area contributed by atoms with E-state index in [2.05, 4.69) is 5.32 Å². The molecule has 0 saturated heterocycles. The van der Waals surface area contributed by atoms with E-state index in [1.807, 2.05) is 5.32 Å². The zero-order valence-electron chi connectivity index (χ0n) is 13.4. The van der Waals surface area contributed by atoms with Crippen molar-refractivity contribution in [2.24, 2.45) is 0 Å². The first-order chi connectivity index (χ1) is 12.5. The molecule has 2 N–H and O–H groups in total. The molecular formula is C17H12F6N2O2. The van der Waals surface area contributed by atoms with E-state index >= 15 is 0 Å². The largest absolute Gasteiger partial charge is 0.418 e. The van der Waals surface area contributed by atoms with Crippen molar-refractivity contribution in [3.63, 3.8) is 0 Å². The van der Waals surface area contributed by atoms with Gasteiger partial charge in [0, 0.05) is 5.56 Å². The number of hydrogen-bond acceptors (Lipinski definition) is 2. The smallest absolute Gasteiger partial charge is 0.343 e. The van der Waals surface area contributed by atoms with Crippen molar-refractivity contribution >= 4 is 17.5 Å². The Morgan fingerprint density at radius 3 is 1.96 bits per heavy atom. The van der Waals surface area contributed by atoms with Crippen molar-refractivity contribution in [1.29, 1.82) is 0 Å². The lowest BCUT2D eigenvalue weighted by Crippen LogP contribution is -2.33. The minimum Gasteiger partial charge on any atom is -0.343 e. The lowest BCUT2D eigenvalue weighted by atomic mass is 10.1. The van der Waals surface area contributed by atoms with E-state index in [0.717, 1.165) is 30.3 Å². The van der Waals surface area contributed by atoms with Crippen LogP contribution in [-0.2, 0) is 17.1 Å².